The zero-order chi connectivity index (χ0) is 18.4. The lowest BCUT2D eigenvalue weighted by atomic mass is 10.0. The molecule has 2 rings (SSSR count). The van der Waals surface area contributed by atoms with Crippen LogP contribution in [0.1, 0.15) is 36.5 Å². The maximum Gasteiger partial charge on any atom is 0.162 e. The van der Waals surface area contributed by atoms with Crippen LogP contribution in [0.5, 0.6) is 17.2 Å². The molecule has 4 nitrogen and oxygen atoms in total. The molecule has 0 bridgehead atoms. The smallest absolute Gasteiger partial charge is 0.162 e. The van der Waals surface area contributed by atoms with Crippen molar-refractivity contribution >= 4 is 17.2 Å². The number of benzene rings is 2. The Bertz CT molecular complexity index is 744. The van der Waals surface area contributed by atoms with E-state index in [1.54, 1.807) is 19.2 Å². The van der Waals surface area contributed by atoms with Gasteiger partial charge in [-0.05, 0) is 48.2 Å². The fraction of sp³-hybridized carbons (Fsp3) is 0.350. The van der Waals surface area contributed by atoms with Crippen molar-refractivity contribution in [2.75, 3.05) is 20.3 Å². The highest BCUT2D eigenvalue weighted by Crippen LogP contribution is 2.29. The standard InChI is InChI=1S/C20H25NO3S/c1-13(2)16-7-5-14(3)11-18(16)23-9-10-24-19-12-15(20(21)25)6-8-17(19)22-4/h5-8,11-13H,9-10H2,1-4H3,(H2,21,25). The predicted molar refractivity (Wildman–Crippen MR) is 105 cm³/mol. The molecule has 2 aromatic rings. The first kappa shape index (κ1) is 19.1. The lowest BCUT2D eigenvalue weighted by molar-refractivity contribution is 0.210. The van der Waals surface area contributed by atoms with E-state index < -0.39 is 0 Å². The molecule has 0 saturated heterocycles. The van der Waals surface area contributed by atoms with E-state index in [-0.39, 0.29) is 0 Å². The minimum absolute atomic E-state index is 0.324. The van der Waals surface area contributed by atoms with Gasteiger partial charge >= 0.3 is 0 Å². The first-order valence-corrected chi connectivity index (χ1v) is 8.67. The molecule has 0 atom stereocenters. The van der Waals surface area contributed by atoms with Crippen LogP contribution < -0.4 is 19.9 Å². The van der Waals surface area contributed by atoms with Gasteiger partial charge in [0, 0.05) is 5.56 Å². The van der Waals surface area contributed by atoms with Crippen LogP contribution >= 0.6 is 12.2 Å². The van der Waals surface area contributed by atoms with E-state index in [1.165, 1.54) is 11.1 Å². The molecule has 0 aliphatic heterocycles. The maximum atomic E-state index is 5.94. The molecule has 0 aliphatic carbocycles. The Balaban J connectivity index is 2.01. The summed E-state index contributed by atoms with van der Waals surface area (Å²) in [5.41, 5.74) is 8.78. The van der Waals surface area contributed by atoms with E-state index >= 15 is 0 Å². The quantitative estimate of drug-likeness (QED) is 0.565. The van der Waals surface area contributed by atoms with Crippen LogP contribution in [0.4, 0.5) is 0 Å². The molecule has 5 heteroatoms. The molecule has 0 unspecified atom stereocenters. The van der Waals surface area contributed by atoms with Crippen LogP contribution in [0.15, 0.2) is 36.4 Å². The minimum atomic E-state index is 0.324. The molecule has 25 heavy (non-hydrogen) atoms. The fourth-order valence-electron chi connectivity index (χ4n) is 2.49. The van der Waals surface area contributed by atoms with Crippen LogP contribution in [0.2, 0.25) is 0 Å². The SMILES string of the molecule is COc1ccc(C(N)=S)cc1OCCOc1cc(C)ccc1C(C)C. The summed E-state index contributed by atoms with van der Waals surface area (Å²) in [5, 5.41) is 0. The molecule has 0 aliphatic rings. The second-order valence-electron chi connectivity index (χ2n) is 6.12. The summed E-state index contributed by atoms with van der Waals surface area (Å²) in [4.78, 5) is 0.324. The van der Waals surface area contributed by atoms with E-state index in [2.05, 4.69) is 39.0 Å². The number of methoxy groups -OCH3 is 1. The molecule has 134 valence electrons. The van der Waals surface area contributed by atoms with Crippen molar-refractivity contribution in [2.45, 2.75) is 26.7 Å². The Kier molecular flexibility index (Phi) is 6.65. The van der Waals surface area contributed by atoms with Gasteiger partial charge in [-0.25, -0.2) is 0 Å². The second kappa shape index (κ2) is 8.72. The van der Waals surface area contributed by atoms with Gasteiger partial charge in [0.2, 0.25) is 0 Å². The van der Waals surface area contributed by atoms with Crippen molar-refractivity contribution in [1.82, 2.24) is 0 Å². The van der Waals surface area contributed by atoms with E-state index in [9.17, 15) is 0 Å². The van der Waals surface area contributed by atoms with Gasteiger partial charge in [-0.1, -0.05) is 38.2 Å². The van der Waals surface area contributed by atoms with Crippen molar-refractivity contribution in [2.24, 2.45) is 5.73 Å². The molecular formula is C20H25NO3S. The number of ether oxygens (including phenoxy) is 3. The Hall–Kier alpha value is -2.27. The highest BCUT2D eigenvalue weighted by molar-refractivity contribution is 7.80. The maximum absolute atomic E-state index is 5.94. The van der Waals surface area contributed by atoms with Crippen molar-refractivity contribution in [3.63, 3.8) is 0 Å². The average Bonchev–Trinajstić information content (AvgIpc) is 2.58. The monoisotopic (exact) mass is 359 g/mol. The number of hydrogen-bond acceptors (Lipinski definition) is 4. The topological polar surface area (TPSA) is 53.7 Å². The predicted octanol–water partition coefficient (Wildman–Crippen LogP) is 4.22. The molecular weight excluding hydrogens is 334 g/mol. The van der Waals surface area contributed by atoms with Crippen molar-refractivity contribution < 1.29 is 14.2 Å². The normalized spacial score (nSPS) is 10.6. The van der Waals surface area contributed by atoms with Crippen molar-refractivity contribution in [3.8, 4) is 17.2 Å². The van der Waals surface area contributed by atoms with E-state index in [0.29, 0.717) is 35.6 Å². The molecule has 0 heterocycles. The third kappa shape index (κ3) is 5.10. The third-order valence-electron chi connectivity index (χ3n) is 3.84. The van der Waals surface area contributed by atoms with Crippen LogP contribution in [0, 0.1) is 6.92 Å². The molecule has 0 radical (unpaired) electrons. The zero-order valence-corrected chi connectivity index (χ0v) is 16.0. The Morgan fingerprint density at radius 3 is 2.28 bits per heavy atom. The Morgan fingerprint density at radius 2 is 1.68 bits per heavy atom. The number of thiocarbonyl (C=S) groups is 1. The number of nitrogens with two attached hydrogens (primary N) is 1. The number of hydrogen-bond donors (Lipinski definition) is 1. The summed E-state index contributed by atoms with van der Waals surface area (Å²) >= 11 is 5.01. The summed E-state index contributed by atoms with van der Waals surface area (Å²) in [6.07, 6.45) is 0. The summed E-state index contributed by atoms with van der Waals surface area (Å²) in [5.74, 6) is 2.55. The molecule has 0 saturated carbocycles. The molecule has 2 aromatic carbocycles. The van der Waals surface area contributed by atoms with Crippen molar-refractivity contribution in [3.05, 3.63) is 53.1 Å². The summed E-state index contributed by atoms with van der Waals surface area (Å²) in [6.45, 7) is 7.19. The van der Waals surface area contributed by atoms with Crippen LogP contribution in [-0.4, -0.2) is 25.3 Å². The summed E-state index contributed by atoms with van der Waals surface area (Å²) in [6, 6.07) is 11.7. The zero-order valence-electron chi connectivity index (χ0n) is 15.2. The molecule has 0 fully saturated rings. The number of aryl methyl sites for hydroxylation is 1. The van der Waals surface area contributed by atoms with Crippen LogP contribution in [0.25, 0.3) is 0 Å². The first-order valence-electron chi connectivity index (χ1n) is 8.26. The highest BCUT2D eigenvalue weighted by atomic mass is 32.1. The van der Waals surface area contributed by atoms with Gasteiger partial charge in [0.1, 0.15) is 24.0 Å². The van der Waals surface area contributed by atoms with Crippen LogP contribution in [0.3, 0.4) is 0 Å². The molecule has 0 spiro atoms. The average molecular weight is 359 g/mol. The molecule has 2 N–H and O–H groups in total. The largest absolute Gasteiger partial charge is 0.493 e. The van der Waals surface area contributed by atoms with Gasteiger partial charge < -0.3 is 19.9 Å². The highest BCUT2D eigenvalue weighted by Gasteiger charge is 2.10. The first-order chi connectivity index (χ1) is 11.9. The van der Waals surface area contributed by atoms with Gasteiger partial charge in [-0.15, -0.1) is 0 Å². The van der Waals surface area contributed by atoms with Gasteiger partial charge in [-0.3, -0.25) is 0 Å². The van der Waals surface area contributed by atoms with E-state index in [4.69, 9.17) is 32.2 Å². The number of rotatable bonds is 8. The van der Waals surface area contributed by atoms with Crippen molar-refractivity contribution in [1.29, 1.82) is 0 Å². The lowest BCUT2D eigenvalue weighted by Gasteiger charge is -2.16. The lowest BCUT2D eigenvalue weighted by Crippen LogP contribution is -2.12. The van der Waals surface area contributed by atoms with Gasteiger partial charge in [-0.2, -0.15) is 0 Å². The second-order valence-corrected chi connectivity index (χ2v) is 6.56. The van der Waals surface area contributed by atoms with E-state index in [0.717, 1.165) is 11.3 Å². The van der Waals surface area contributed by atoms with Crippen LogP contribution in [-0.2, 0) is 0 Å². The minimum Gasteiger partial charge on any atom is -0.493 e. The fourth-order valence-corrected chi connectivity index (χ4v) is 2.62. The van der Waals surface area contributed by atoms with Gasteiger partial charge in [0.25, 0.3) is 0 Å². The van der Waals surface area contributed by atoms with E-state index in [1.807, 2.05) is 6.07 Å². The Morgan fingerprint density at radius 1 is 1.00 bits per heavy atom. The third-order valence-corrected chi connectivity index (χ3v) is 4.07. The summed E-state index contributed by atoms with van der Waals surface area (Å²) in [7, 11) is 1.60. The summed E-state index contributed by atoms with van der Waals surface area (Å²) < 4.78 is 17.1. The molecule has 0 amide bonds. The van der Waals surface area contributed by atoms with Gasteiger partial charge in [0.15, 0.2) is 11.5 Å². The Labute approximate surface area is 154 Å². The molecule has 0 aromatic heterocycles. The van der Waals surface area contributed by atoms with Gasteiger partial charge in [0.05, 0.1) is 7.11 Å².